The first-order valence-corrected chi connectivity index (χ1v) is 8.52. The van der Waals surface area contributed by atoms with Crippen molar-refractivity contribution in [3.8, 4) is 11.5 Å². The Morgan fingerprint density at radius 1 is 1.04 bits per heavy atom. The second-order valence-corrected chi connectivity index (χ2v) is 6.34. The Bertz CT molecular complexity index is 831. The zero-order chi connectivity index (χ0) is 16.4. The van der Waals surface area contributed by atoms with E-state index >= 15 is 0 Å². The van der Waals surface area contributed by atoms with Crippen molar-refractivity contribution in [2.75, 3.05) is 13.2 Å². The van der Waals surface area contributed by atoms with Crippen molar-refractivity contribution < 1.29 is 9.47 Å². The van der Waals surface area contributed by atoms with Crippen LogP contribution in [-0.4, -0.2) is 27.8 Å². The van der Waals surface area contributed by atoms with Crippen LogP contribution in [0.1, 0.15) is 18.7 Å². The fraction of sp³-hybridized carbons (Fsp3) is 0.333. The molecule has 1 fully saturated rings. The van der Waals surface area contributed by atoms with E-state index in [0.29, 0.717) is 29.6 Å². The standard InChI is InChI=1S/C18H18ClN3O2/c19-17-15(24-11-10-23-14-4-2-1-3-5-14)8-9-22-16(12-13-6-7-13)20-21-18(17)22/h1-5,8-9,13H,6-7,10-12H2. The minimum atomic E-state index is 0.411. The summed E-state index contributed by atoms with van der Waals surface area (Å²) in [5.74, 6) is 3.15. The van der Waals surface area contributed by atoms with Crippen molar-refractivity contribution in [3.05, 3.63) is 53.4 Å². The molecule has 24 heavy (non-hydrogen) atoms. The molecule has 1 aliphatic rings. The molecule has 0 saturated heterocycles. The number of aromatic nitrogens is 3. The fourth-order valence-corrected chi connectivity index (χ4v) is 2.86. The molecule has 124 valence electrons. The molecule has 4 rings (SSSR count). The van der Waals surface area contributed by atoms with Crippen molar-refractivity contribution in [1.29, 1.82) is 0 Å². The first-order chi connectivity index (χ1) is 11.8. The Morgan fingerprint density at radius 2 is 1.83 bits per heavy atom. The van der Waals surface area contributed by atoms with Crippen LogP contribution in [0.2, 0.25) is 5.02 Å². The first-order valence-electron chi connectivity index (χ1n) is 8.14. The Hall–Kier alpha value is -2.27. The molecular formula is C18H18ClN3O2. The third kappa shape index (κ3) is 3.31. The highest BCUT2D eigenvalue weighted by molar-refractivity contribution is 6.34. The van der Waals surface area contributed by atoms with Crippen LogP contribution in [0.3, 0.4) is 0 Å². The highest BCUT2D eigenvalue weighted by Gasteiger charge is 2.24. The lowest BCUT2D eigenvalue weighted by Crippen LogP contribution is -2.09. The van der Waals surface area contributed by atoms with Gasteiger partial charge in [-0.05, 0) is 37.0 Å². The molecule has 2 aromatic heterocycles. The predicted molar refractivity (Wildman–Crippen MR) is 91.9 cm³/mol. The number of hydrogen-bond acceptors (Lipinski definition) is 4. The lowest BCUT2D eigenvalue weighted by atomic mass is 10.3. The molecule has 3 aromatic rings. The van der Waals surface area contributed by atoms with Crippen LogP contribution in [-0.2, 0) is 6.42 Å². The lowest BCUT2D eigenvalue weighted by molar-refractivity contribution is 0.217. The summed E-state index contributed by atoms with van der Waals surface area (Å²) in [4.78, 5) is 0. The summed E-state index contributed by atoms with van der Waals surface area (Å²) in [7, 11) is 0. The van der Waals surface area contributed by atoms with E-state index in [1.54, 1.807) is 0 Å². The molecule has 0 bridgehead atoms. The van der Waals surface area contributed by atoms with Gasteiger partial charge in [0.25, 0.3) is 0 Å². The summed E-state index contributed by atoms with van der Waals surface area (Å²) >= 11 is 6.41. The average Bonchev–Trinajstić information content (AvgIpc) is 3.33. The van der Waals surface area contributed by atoms with E-state index in [1.165, 1.54) is 12.8 Å². The van der Waals surface area contributed by atoms with Crippen molar-refractivity contribution >= 4 is 17.2 Å². The maximum Gasteiger partial charge on any atom is 0.183 e. The molecular weight excluding hydrogens is 326 g/mol. The largest absolute Gasteiger partial charge is 0.490 e. The molecule has 1 aliphatic carbocycles. The molecule has 0 radical (unpaired) electrons. The van der Waals surface area contributed by atoms with Gasteiger partial charge in [-0.3, -0.25) is 4.40 Å². The number of fused-ring (bicyclic) bond motifs is 1. The van der Waals surface area contributed by atoms with Gasteiger partial charge in [0.05, 0.1) is 0 Å². The molecule has 1 saturated carbocycles. The maximum atomic E-state index is 6.41. The number of hydrogen-bond donors (Lipinski definition) is 0. The molecule has 0 N–H and O–H groups in total. The molecule has 1 aromatic carbocycles. The molecule has 2 heterocycles. The molecule has 6 heteroatoms. The van der Waals surface area contributed by atoms with Gasteiger partial charge in [-0.1, -0.05) is 29.8 Å². The van der Waals surface area contributed by atoms with Gasteiger partial charge >= 0.3 is 0 Å². The van der Waals surface area contributed by atoms with Gasteiger partial charge in [0, 0.05) is 12.6 Å². The number of rotatable bonds is 7. The zero-order valence-corrected chi connectivity index (χ0v) is 13.9. The summed E-state index contributed by atoms with van der Waals surface area (Å²) in [6, 6.07) is 11.5. The molecule has 0 atom stereocenters. The number of ether oxygens (including phenoxy) is 2. The predicted octanol–water partition coefficient (Wildman–Crippen LogP) is 3.79. The van der Waals surface area contributed by atoms with Crippen LogP contribution >= 0.6 is 11.6 Å². The quantitative estimate of drug-likeness (QED) is 0.612. The van der Waals surface area contributed by atoms with Crippen molar-refractivity contribution in [3.63, 3.8) is 0 Å². The summed E-state index contributed by atoms with van der Waals surface area (Å²) in [5.41, 5.74) is 0.647. The highest BCUT2D eigenvalue weighted by Crippen LogP contribution is 2.33. The molecule has 0 unspecified atom stereocenters. The van der Waals surface area contributed by atoms with Gasteiger partial charge in [0.1, 0.15) is 35.6 Å². The highest BCUT2D eigenvalue weighted by atomic mass is 35.5. The number of pyridine rings is 1. The van der Waals surface area contributed by atoms with E-state index < -0.39 is 0 Å². The Labute approximate surface area is 145 Å². The summed E-state index contributed by atoms with van der Waals surface area (Å²) in [6.07, 6.45) is 5.45. The van der Waals surface area contributed by atoms with E-state index in [1.807, 2.05) is 47.0 Å². The summed E-state index contributed by atoms with van der Waals surface area (Å²) in [6.45, 7) is 0.860. The third-order valence-corrected chi connectivity index (χ3v) is 4.43. The maximum absolute atomic E-state index is 6.41. The van der Waals surface area contributed by atoms with Crippen LogP contribution in [0, 0.1) is 5.92 Å². The molecule has 5 nitrogen and oxygen atoms in total. The van der Waals surface area contributed by atoms with Crippen LogP contribution < -0.4 is 9.47 Å². The first kappa shape index (κ1) is 15.3. The van der Waals surface area contributed by atoms with Crippen molar-refractivity contribution in [1.82, 2.24) is 14.6 Å². The van der Waals surface area contributed by atoms with Crippen LogP contribution in [0.15, 0.2) is 42.6 Å². The minimum Gasteiger partial charge on any atom is -0.490 e. The van der Waals surface area contributed by atoms with E-state index in [2.05, 4.69) is 10.2 Å². The van der Waals surface area contributed by atoms with Crippen LogP contribution in [0.5, 0.6) is 11.5 Å². The number of halogens is 1. The van der Waals surface area contributed by atoms with Crippen LogP contribution in [0.4, 0.5) is 0 Å². The van der Waals surface area contributed by atoms with Crippen LogP contribution in [0.25, 0.3) is 5.65 Å². The Balaban J connectivity index is 1.40. The lowest BCUT2D eigenvalue weighted by Gasteiger charge is -2.10. The summed E-state index contributed by atoms with van der Waals surface area (Å²) in [5, 5.41) is 8.96. The average molecular weight is 344 g/mol. The fourth-order valence-electron chi connectivity index (χ4n) is 2.61. The molecule has 0 aliphatic heterocycles. The van der Waals surface area contributed by atoms with E-state index in [9.17, 15) is 0 Å². The van der Waals surface area contributed by atoms with E-state index in [0.717, 1.165) is 23.9 Å². The van der Waals surface area contributed by atoms with Crippen molar-refractivity contribution in [2.24, 2.45) is 5.92 Å². The Kier molecular flexibility index (Phi) is 4.26. The van der Waals surface area contributed by atoms with Gasteiger partial charge in [-0.15, -0.1) is 10.2 Å². The SMILES string of the molecule is Clc1c(OCCOc2ccccc2)ccn2c(CC3CC3)nnc12. The molecule has 0 amide bonds. The third-order valence-electron chi connectivity index (χ3n) is 4.08. The number of benzene rings is 1. The van der Waals surface area contributed by atoms with Gasteiger partial charge < -0.3 is 9.47 Å². The number of nitrogens with zero attached hydrogens (tertiary/aromatic N) is 3. The zero-order valence-electron chi connectivity index (χ0n) is 13.2. The van der Waals surface area contributed by atoms with E-state index in [-0.39, 0.29) is 0 Å². The van der Waals surface area contributed by atoms with Gasteiger partial charge in [-0.2, -0.15) is 0 Å². The second kappa shape index (κ2) is 6.69. The second-order valence-electron chi connectivity index (χ2n) is 5.96. The molecule has 0 spiro atoms. The number of para-hydroxylation sites is 1. The van der Waals surface area contributed by atoms with Gasteiger partial charge in [0.2, 0.25) is 0 Å². The minimum absolute atomic E-state index is 0.411. The smallest absolute Gasteiger partial charge is 0.183 e. The summed E-state index contributed by atoms with van der Waals surface area (Å²) < 4.78 is 13.3. The Morgan fingerprint density at radius 3 is 2.62 bits per heavy atom. The van der Waals surface area contributed by atoms with Gasteiger partial charge in [0.15, 0.2) is 5.65 Å². The monoisotopic (exact) mass is 343 g/mol. The van der Waals surface area contributed by atoms with E-state index in [4.69, 9.17) is 21.1 Å². The topological polar surface area (TPSA) is 48.7 Å². The van der Waals surface area contributed by atoms with Crippen molar-refractivity contribution in [2.45, 2.75) is 19.3 Å². The normalized spacial score (nSPS) is 14.0. The van der Waals surface area contributed by atoms with Gasteiger partial charge in [-0.25, -0.2) is 0 Å².